The van der Waals surface area contributed by atoms with E-state index in [0.717, 1.165) is 24.8 Å². The Hall–Kier alpha value is -3.26. The molecule has 1 saturated heterocycles. The van der Waals surface area contributed by atoms with Crippen LogP contribution in [0.1, 0.15) is 56.6 Å². The van der Waals surface area contributed by atoms with E-state index in [-0.39, 0.29) is 35.5 Å². The van der Waals surface area contributed by atoms with E-state index in [1.165, 1.54) is 8.99 Å². The van der Waals surface area contributed by atoms with Crippen LogP contribution in [0.2, 0.25) is 0 Å². The van der Waals surface area contributed by atoms with Gasteiger partial charge in [0.15, 0.2) is 0 Å². The Morgan fingerprint density at radius 3 is 2.11 bits per heavy atom. The molecule has 5 rings (SSSR count). The lowest BCUT2D eigenvalue weighted by Gasteiger charge is -2.36. The average Bonchev–Trinajstić information content (AvgIpc) is 3.45. The largest absolute Gasteiger partial charge is 0.483 e. The molecule has 2 atom stereocenters. The third-order valence-corrected chi connectivity index (χ3v) is 11.6. The predicted octanol–water partition coefficient (Wildman–Crippen LogP) is 4.18. The highest BCUT2D eigenvalue weighted by atomic mass is 32.2. The van der Waals surface area contributed by atoms with E-state index in [1.54, 1.807) is 30.5 Å². The van der Waals surface area contributed by atoms with Crippen molar-refractivity contribution < 1.29 is 25.8 Å². The number of ether oxygens (including phenoxy) is 1. The molecule has 250 valence electrons. The second kappa shape index (κ2) is 15.6. The van der Waals surface area contributed by atoms with Gasteiger partial charge in [-0.3, -0.25) is 8.98 Å². The molecule has 2 fully saturated rings. The summed E-state index contributed by atoms with van der Waals surface area (Å²) < 4.78 is 65.2. The second-order valence-electron chi connectivity index (χ2n) is 12.2. The number of anilines is 1. The average molecular weight is 673 g/mol. The molecule has 2 heterocycles. The van der Waals surface area contributed by atoms with E-state index in [2.05, 4.69) is 12.0 Å². The van der Waals surface area contributed by atoms with Crippen molar-refractivity contribution in [3.63, 3.8) is 0 Å². The van der Waals surface area contributed by atoms with E-state index in [0.29, 0.717) is 69.2 Å². The molecular formula is C33H44N4O7S2. The third kappa shape index (κ3) is 9.40. The zero-order valence-electron chi connectivity index (χ0n) is 26.4. The normalized spacial score (nSPS) is 19.4. The van der Waals surface area contributed by atoms with Gasteiger partial charge in [0.25, 0.3) is 10.1 Å². The van der Waals surface area contributed by atoms with Crippen LogP contribution in [0.15, 0.2) is 71.7 Å². The zero-order chi connectivity index (χ0) is 32.6. The van der Waals surface area contributed by atoms with Crippen molar-refractivity contribution in [2.45, 2.75) is 69.6 Å². The molecule has 0 bridgehead atoms. The van der Waals surface area contributed by atoms with Crippen LogP contribution < -0.4 is 15.2 Å². The minimum absolute atomic E-state index is 0.0463. The van der Waals surface area contributed by atoms with Gasteiger partial charge in [-0.05, 0) is 55.6 Å². The first-order valence-electron chi connectivity index (χ1n) is 16.0. The summed E-state index contributed by atoms with van der Waals surface area (Å²) in [7, 11) is -7.15. The van der Waals surface area contributed by atoms with Crippen molar-refractivity contribution in [2.75, 3.05) is 37.7 Å². The van der Waals surface area contributed by atoms with Crippen LogP contribution in [-0.4, -0.2) is 69.8 Å². The highest BCUT2D eigenvalue weighted by molar-refractivity contribution is 7.88. The van der Waals surface area contributed by atoms with Gasteiger partial charge in [-0.1, -0.05) is 67.6 Å². The van der Waals surface area contributed by atoms with E-state index in [1.807, 2.05) is 41.3 Å². The van der Waals surface area contributed by atoms with Crippen LogP contribution in [0.25, 0.3) is 0 Å². The molecule has 1 aromatic heterocycles. The number of aryl methyl sites for hydroxylation is 1. The Morgan fingerprint density at radius 1 is 0.826 bits per heavy atom. The van der Waals surface area contributed by atoms with Gasteiger partial charge < -0.3 is 9.64 Å². The quantitative estimate of drug-likeness (QED) is 0.173. The molecule has 1 aliphatic carbocycles. The van der Waals surface area contributed by atoms with Crippen molar-refractivity contribution in [1.29, 1.82) is 0 Å². The summed E-state index contributed by atoms with van der Waals surface area (Å²) in [6, 6.07) is 18.1. The molecular weight excluding hydrogens is 629 g/mol. The number of hydrogen-bond donors (Lipinski definition) is 0. The number of rotatable bonds is 15. The van der Waals surface area contributed by atoms with Gasteiger partial charge in [0.1, 0.15) is 11.4 Å². The van der Waals surface area contributed by atoms with Crippen molar-refractivity contribution >= 4 is 25.8 Å². The standard InChI is InChI=1S/C33H44N4O7S2/c1-27-15-16-30(23-27)44-32-31(35-18-20-36(21-19-35)45(39,40)25-28-11-5-2-6-12-28)24-34-37(33(32)38)17-9-4-10-22-43-46(41,42)26-29-13-7-3-8-14-29/h2-3,5-8,11-14,24,27,30H,4,9-10,15-23,25-26H2,1H3. The molecule has 13 heteroatoms. The fourth-order valence-corrected chi connectivity index (χ4v) is 8.59. The topological polar surface area (TPSA) is 128 Å². The third-order valence-electron chi connectivity index (χ3n) is 8.54. The van der Waals surface area contributed by atoms with Gasteiger partial charge in [-0.25, -0.2) is 13.1 Å². The molecule has 2 aromatic carbocycles. The van der Waals surface area contributed by atoms with Gasteiger partial charge >= 0.3 is 5.56 Å². The summed E-state index contributed by atoms with van der Waals surface area (Å²) in [4.78, 5) is 15.7. The number of benzene rings is 2. The first-order chi connectivity index (χ1) is 22.1. The Balaban J connectivity index is 1.18. The van der Waals surface area contributed by atoms with E-state index in [9.17, 15) is 21.6 Å². The SMILES string of the molecule is CC1CCC(Oc2c(N3CCN(S(=O)(=O)Cc4ccccc4)CC3)cnn(CCCCCOS(=O)(=O)Cc3ccccc3)c2=O)C1. The van der Waals surface area contributed by atoms with Crippen LogP contribution >= 0.6 is 0 Å². The lowest BCUT2D eigenvalue weighted by molar-refractivity contribution is 0.200. The second-order valence-corrected chi connectivity index (χ2v) is 15.9. The van der Waals surface area contributed by atoms with Gasteiger partial charge in [0.2, 0.25) is 15.8 Å². The van der Waals surface area contributed by atoms with E-state index in [4.69, 9.17) is 8.92 Å². The monoisotopic (exact) mass is 672 g/mol. The number of aromatic nitrogens is 2. The molecule has 0 spiro atoms. The van der Waals surface area contributed by atoms with Gasteiger partial charge in [-0.15, -0.1) is 0 Å². The number of hydrogen-bond acceptors (Lipinski definition) is 9. The van der Waals surface area contributed by atoms with Crippen molar-refractivity contribution in [3.8, 4) is 5.75 Å². The summed E-state index contributed by atoms with van der Waals surface area (Å²) in [5.41, 5.74) is 1.71. The minimum atomic E-state index is -3.67. The fraction of sp³-hybridized carbons (Fsp3) is 0.515. The highest BCUT2D eigenvalue weighted by Crippen LogP contribution is 2.32. The predicted molar refractivity (Wildman–Crippen MR) is 178 cm³/mol. The summed E-state index contributed by atoms with van der Waals surface area (Å²) in [5, 5.41) is 4.45. The Labute approximate surface area is 272 Å². The number of sulfonamides is 1. The van der Waals surface area contributed by atoms with Crippen LogP contribution in [0, 0.1) is 5.92 Å². The van der Waals surface area contributed by atoms with Crippen LogP contribution in [0.4, 0.5) is 5.69 Å². The number of nitrogens with zero attached hydrogens (tertiary/aromatic N) is 4. The summed E-state index contributed by atoms with van der Waals surface area (Å²) in [6.07, 6.45) is 6.20. The summed E-state index contributed by atoms with van der Waals surface area (Å²) >= 11 is 0. The van der Waals surface area contributed by atoms with E-state index < -0.39 is 20.1 Å². The molecule has 11 nitrogen and oxygen atoms in total. The molecule has 0 amide bonds. The Kier molecular flexibility index (Phi) is 11.5. The van der Waals surface area contributed by atoms with Crippen LogP contribution in [-0.2, 0) is 42.4 Å². The summed E-state index contributed by atoms with van der Waals surface area (Å²) in [5.74, 6) is 0.579. The molecule has 46 heavy (non-hydrogen) atoms. The first kappa shape index (κ1) is 34.1. The Bertz CT molecular complexity index is 1690. The van der Waals surface area contributed by atoms with Crippen LogP contribution in [0.5, 0.6) is 5.75 Å². The van der Waals surface area contributed by atoms with Gasteiger partial charge in [-0.2, -0.15) is 17.8 Å². The molecule has 2 aliphatic rings. The summed E-state index contributed by atoms with van der Waals surface area (Å²) in [6.45, 7) is 4.08. The molecule has 0 N–H and O–H groups in total. The number of unbranched alkanes of at least 4 members (excludes halogenated alkanes) is 2. The molecule has 1 saturated carbocycles. The lowest BCUT2D eigenvalue weighted by atomic mass is 10.1. The fourth-order valence-electron chi connectivity index (χ4n) is 6.02. The van der Waals surface area contributed by atoms with Crippen molar-refractivity contribution in [3.05, 3.63) is 88.3 Å². The first-order valence-corrected chi connectivity index (χ1v) is 19.2. The highest BCUT2D eigenvalue weighted by Gasteiger charge is 2.31. The minimum Gasteiger partial charge on any atom is -0.483 e. The lowest BCUT2D eigenvalue weighted by Crippen LogP contribution is -2.49. The van der Waals surface area contributed by atoms with Gasteiger partial charge in [0.05, 0.1) is 24.7 Å². The number of piperazine rings is 1. The van der Waals surface area contributed by atoms with Crippen molar-refractivity contribution in [1.82, 2.24) is 14.1 Å². The maximum atomic E-state index is 13.7. The maximum absolute atomic E-state index is 13.7. The molecule has 0 radical (unpaired) electrons. The Morgan fingerprint density at radius 2 is 1.48 bits per heavy atom. The maximum Gasteiger partial charge on any atom is 0.311 e. The zero-order valence-corrected chi connectivity index (χ0v) is 28.0. The molecule has 2 unspecified atom stereocenters. The van der Waals surface area contributed by atoms with Crippen molar-refractivity contribution in [2.24, 2.45) is 5.92 Å². The van der Waals surface area contributed by atoms with Gasteiger partial charge in [0, 0.05) is 32.7 Å². The molecule has 1 aliphatic heterocycles. The van der Waals surface area contributed by atoms with E-state index >= 15 is 0 Å². The smallest absolute Gasteiger partial charge is 0.311 e. The van der Waals surface area contributed by atoms with Crippen LogP contribution in [0.3, 0.4) is 0 Å². The molecule has 3 aromatic rings.